The maximum Gasteiger partial charge on any atom is 0.342 e. The molecule has 0 fully saturated rings. The SMILES string of the molecule is Cc1cccc(COc2ccccc2C(=O)OCc2cn3cc(Cl)ccc3n2)c1. The second-order valence-electron chi connectivity index (χ2n) is 6.70. The summed E-state index contributed by atoms with van der Waals surface area (Å²) in [6.45, 7) is 2.46. The van der Waals surface area contributed by atoms with E-state index in [9.17, 15) is 4.79 Å². The summed E-state index contributed by atoms with van der Waals surface area (Å²) in [6, 6.07) is 18.7. The minimum atomic E-state index is -0.458. The number of para-hydroxylation sites is 1. The van der Waals surface area contributed by atoms with Gasteiger partial charge < -0.3 is 13.9 Å². The summed E-state index contributed by atoms with van der Waals surface area (Å²) in [5, 5.41) is 0.609. The Morgan fingerprint density at radius 1 is 1.03 bits per heavy atom. The predicted octanol–water partition coefficient (Wildman–Crippen LogP) is 5.23. The fourth-order valence-electron chi connectivity index (χ4n) is 3.03. The number of rotatable bonds is 6. The predicted molar refractivity (Wildman–Crippen MR) is 111 cm³/mol. The van der Waals surface area contributed by atoms with Crippen molar-refractivity contribution >= 4 is 23.2 Å². The number of esters is 1. The molecule has 0 aliphatic heterocycles. The van der Waals surface area contributed by atoms with Gasteiger partial charge in [0.2, 0.25) is 0 Å². The second kappa shape index (κ2) is 8.37. The number of hydrogen-bond acceptors (Lipinski definition) is 4. The number of fused-ring (bicyclic) bond motifs is 1. The third-order valence-electron chi connectivity index (χ3n) is 4.40. The molecular formula is C23H19ClN2O3. The zero-order valence-electron chi connectivity index (χ0n) is 15.8. The average Bonchev–Trinajstić information content (AvgIpc) is 3.13. The van der Waals surface area contributed by atoms with Crippen LogP contribution in [0.15, 0.2) is 73.1 Å². The molecule has 0 spiro atoms. The van der Waals surface area contributed by atoms with Crippen LogP contribution < -0.4 is 4.74 Å². The molecule has 29 heavy (non-hydrogen) atoms. The third kappa shape index (κ3) is 4.58. The molecule has 4 rings (SSSR count). The van der Waals surface area contributed by atoms with Gasteiger partial charge in [0, 0.05) is 12.4 Å². The van der Waals surface area contributed by atoms with E-state index in [2.05, 4.69) is 11.1 Å². The van der Waals surface area contributed by atoms with Gasteiger partial charge in [-0.25, -0.2) is 9.78 Å². The van der Waals surface area contributed by atoms with Crippen molar-refractivity contribution < 1.29 is 14.3 Å². The first-order valence-electron chi connectivity index (χ1n) is 9.16. The highest BCUT2D eigenvalue weighted by Crippen LogP contribution is 2.21. The Labute approximate surface area is 173 Å². The molecule has 0 aliphatic rings. The van der Waals surface area contributed by atoms with Gasteiger partial charge >= 0.3 is 5.97 Å². The van der Waals surface area contributed by atoms with E-state index in [1.165, 1.54) is 0 Å². The van der Waals surface area contributed by atoms with Crippen molar-refractivity contribution in [3.05, 3.63) is 100 Å². The van der Waals surface area contributed by atoms with E-state index in [0.717, 1.165) is 16.8 Å². The first-order valence-corrected chi connectivity index (χ1v) is 9.54. The number of aryl methyl sites for hydroxylation is 1. The van der Waals surface area contributed by atoms with Crippen molar-refractivity contribution in [2.45, 2.75) is 20.1 Å². The van der Waals surface area contributed by atoms with Gasteiger partial charge in [-0.1, -0.05) is 53.6 Å². The van der Waals surface area contributed by atoms with E-state index in [0.29, 0.717) is 28.6 Å². The van der Waals surface area contributed by atoms with Gasteiger partial charge in [-0.15, -0.1) is 0 Å². The lowest BCUT2D eigenvalue weighted by molar-refractivity contribution is 0.0463. The fraction of sp³-hybridized carbons (Fsp3) is 0.130. The van der Waals surface area contributed by atoms with E-state index >= 15 is 0 Å². The second-order valence-corrected chi connectivity index (χ2v) is 7.13. The lowest BCUT2D eigenvalue weighted by Crippen LogP contribution is -2.08. The first kappa shape index (κ1) is 19.0. The standard InChI is InChI=1S/C23H19ClN2O3/c1-16-5-4-6-17(11-16)14-28-21-8-3-2-7-20(21)23(27)29-15-19-13-26-12-18(24)9-10-22(26)25-19/h2-13H,14-15H2,1H3. The summed E-state index contributed by atoms with van der Waals surface area (Å²) in [5.41, 5.74) is 3.96. The van der Waals surface area contributed by atoms with Crippen molar-refractivity contribution in [2.75, 3.05) is 0 Å². The molecule has 0 atom stereocenters. The Hall–Kier alpha value is -3.31. The number of carbonyl (C=O) groups excluding carboxylic acids is 1. The fourth-order valence-corrected chi connectivity index (χ4v) is 3.20. The van der Waals surface area contributed by atoms with Crippen molar-refractivity contribution in [2.24, 2.45) is 0 Å². The summed E-state index contributed by atoms with van der Waals surface area (Å²) in [7, 11) is 0. The van der Waals surface area contributed by atoms with Gasteiger partial charge in [0.15, 0.2) is 0 Å². The largest absolute Gasteiger partial charge is 0.488 e. The highest BCUT2D eigenvalue weighted by molar-refractivity contribution is 6.30. The molecule has 2 aromatic carbocycles. The van der Waals surface area contributed by atoms with E-state index in [1.54, 1.807) is 41.1 Å². The molecule has 0 bridgehead atoms. The van der Waals surface area contributed by atoms with E-state index in [4.69, 9.17) is 21.1 Å². The minimum absolute atomic E-state index is 0.0599. The molecule has 0 saturated heterocycles. The molecule has 146 valence electrons. The smallest absolute Gasteiger partial charge is 0.342 e. The van der Waals surface area contributed by atoms with Crippen LogP contribution in [-0.4, -0.2) is 15.4 Å². The molecule has 0 amide bonds. The van der Waals surface area contributed by atoms with Gasteiger partial charge in [0.25, 0.3) is 0 Å². The highest BCUT2D eigenvalue weighted by Gasteiger charge is 2.15. The minimum Gasteiger partial charge on any atom is -0.488 e. The van der Waals surface area contributed by atoms with Gasteiger partial charge in [-0.05, 0) is 36.8 Å². The van der Waals surface area contributed by atoms with Gasteiger partial charge in [-0.2, -0.15) is 0 Å². The van der Waals surface area contributed by atoms with Crippen LogP contribution in [-0.2, 0) is 18.0 Å². The summed E-state index contributed by atoms with van der Waals surface area (Å²) in [5.74, 6) is 0.0284. The Morgan fingerprint density at radius 3 is 2.76 bits per heavy atom. The van der Waals surface area contributed by atoms with Crippen LogP contribution in [0, 0.1) is 6.92 Å². The molecule has 0 N–H and O–H groups in total. The molecule has 0 radical (unpaired) electrons. The van der Waals surface area contributed by atoms with Crippen LogP contribution in [0.5, 0.6) is 5.75 Å². The maximum atomic E-state index is 12.6. The summed E-state index contributed by atoms with van der Waals surface area (Å²) >= 11 is 5.99. The van der Waals surface area contributed by atoms with E-state index < -0.39 is 5.97 Å². The molecule has 0 unspecified atom stereocenters. The molecule has 0 saturated carbocycles. The number of nitrogens with zero attached hydrogens (tertiary/aromatic N) is 2. The van der Waals surface area contributed by atoms with Crippen LogP contribution in [0.25, 0.3) is 5.65 Å². The molecule has 2 aromatic heterocycles. The molecule has 0 aliphatic carbocycles. The summed E-state index contributed by atoms with van der Waals surface area (Å²) in [6.07, 6.45) is 3.54. The lowest BCUT2D eigenvalue weighted by Gasteiger charge is -2.11. The van der Waals surface area contributed by atoms with Gasteiger partial charge in [-0.3, -0.25) is 0 Å². The van der Waals surface area contributed by atoms with Crippen LogP contribution in [0.2, 0.25) is 5.02 Å². The molecule has 4 aromatic rings. The zero-order chi connectivity index (χ0) is 20.2. The number of carbonyl (C=O) groups is 1. The number of imidazole rings is 1. The van der Waals surface area contributed by atoms with Crippen molar-refractivity contribution in [3.63, 3.8) is 0 Å². The Bertz CT molecular complexity index is 1170. The Morgan fingerprint density at radius 2 is 1.90 bits per heavy atom. The lowest BCUT2D eigenvalue weighted by atomic mass is 10.1. The van der Waals surface area contributed by atoms with Crippen LogP contribution >= 0.6 is 11.6 Å². The van der Waals surface area contributed by atoms with E-state index in [1.807, 2.05) is 37.3 Å². The monoisotopic (exact) mass is 406 g/mol. The topological polar surface area (TPSA) is 52.8 Å². The third-order valence-corrected chi connectivity index (χ3v) is 4.62. The van der Waals surface area contributed by atoms with Gasteiger partial charge in [0.1, 0.15) is 30.2 Å². The normalized spacial score (nSPS) is 10.8. The van der Waals surface area contributed by atoms with Crippen molar-refractivity contribution in [3.8, 4) is 5.75 Å². The number of ether oxygens (including phenoxy) is 2. The number of hydrogen-bond donors (Lipinski definition) is 0. The number of aromatic nitrogens is 2. The van der Waals surface area contributed by atoms with Gasteiger partial charge in [0.05, 0.1) is 10.7 Å². The van der Waals surface area contributed by atoms with Crippen LogP contribution in [0.3, 0.4) is 0 Å². The number of benzene rings is 2. The summed E-state index contributed by atoms with van der Waals surface area (Å²) in [4.78, 5) is 17.0. The summed E-state index contributed by atoms with van der Waals surface area (Å²) < 4.78 is 13.1. The number of halogens is 1. The maximum absolute atomic E-state index is 12.6. The van der Waals surface area contributed by atoms with Crippen molar-refractivity contribution in [1.29, 1.82) is 0 Å². The quantitative estimate of drug-likeness (QED) is 0.411. The molecule has 2 heterocycles. The van der Waals surface area contributed by atoms with E-state index in [-0.39, 0.29) is 6.61 Å². The van der Waals surface area contributed by atoms with Crippen molar-refractivity contribution in [1.82, 2.24) is 9.38 Å². The molecule has 6 heteroatoms. The Balaban J connectivity index is 1.44. The van der Waals surface area contributed by atoms with Crippen LogP contribution in [0.1, 0.15) is 27.2 Å². The molecule has 5 nitrogen and oxygen atoms in total. The Kier molecular flexibility index (Phi) is 5.49. The number of pyridine rings is 1. The average molecular weight is 407 g/mol. The molecular weight excluding hydrogens is 388 g/mol. The zero-order valence-corrected chi connectivity index (χ0v) is 16.6. The highest BCUT2D eigenvalue weighted by atomic mass is 35.5. The first-order chi connectivity index (χ1) is 14.1. The van der Waals surface area contributed by atoms with Crippen LogP contribution in [0.4, 0.5) is 0 Å².